The van der Waals surface area contributed by atoms with Crippen LogP contribution in [0.1, 0.15) is 6.92 Å². The monoisotopic (exact) mass is 355 g/mol. The lowest BCUT2D eigenvalue weighted by Crippen LogP contribution is -2.30. The lowest BCUT2D eigenvalue weighted by molar-refractivity contribution is -0.274. The summed E-state index contributed by atoms with van der Waals surface area (Å²) in [4.78, 5) is 12.1. The average Bonchev–Trinajstić information content (AvgIpc) is 2.55. The van der Waals surface area contributed by atoms with E-state index in [1.807, 2.05) is 0 Å². The Labute approximate surface area is 142 Å². The molecule has 0 bridgehead atoms. The smallest absolute Gasteiger partial charge is 0.493 e. The molecule has 0 radical (unpaired) electrons. The van der Waals surface area contributed by atoms with Crippen molar-refractivity contribution in [2.45, 2.75) is 19.4 Å². The summed E-state index contributed by atoms with van der Waals surface area (Å²) in [5.74, 6) is 0.0524. The van der Waals surface area contributed by atoms with Gasteiger partial charge in [-0.1, -0.05) is 12.1 Å². The Hall–Kier alpha value is -2.90. The van der Waals surface area contributed by atoms with Crippen molar-refractivity contribution < 1.29 is 32.2 Å². The van der Waals surface area contributed by atoms with Crippen LogP contribution in [-0.2, 0) is 4.79 Å². The second-order valence-electron chi connectivity index (χ2n) is 4.97. The summed E-state index contributed by atoms with van der Waals surface area (Å²) in [5, 5.41) is 2.55. The number of hydrogen-bond acceptors (Lipinski definition) is 4. The maximum Gasteiger partial charge on any atom is 0.573 e. The number of carbonyl (C=O) groups excluding carboxylic acids is 1. The molecule has 0 aromatic heterocycles. The van der Waals surface area contributed by atoms with E-state index in [1.165, 1.54) is 19.2 Å². The minimum Gasteiger partial charge on any atom is -0.493 e. The van der Waals surface area contributed by atoms with Gasteiger partial charge < -0.3 is 19.5 Å². The first-order chi connectivity index (χ1) is 11.8. The summed E-state index contributed by atoms with van der Waals surface area (Å²) in [6.45, 7) is 1.54. The highest BCUT2D eigenvalue weighted by molar-refractivity contribution is 5.94. The number of benzene rings is 2. The molecule has 2 aromatic rings. The molecule has 0 aliphatic rings. The summed E-state index contributed by atoms with van der Waals surface area (Å²) in [6, 6.07) is 11.7. The van der Waals surface area contributed by atoms with E-state index in [-0.39, 0.29) is 5.75 Å². The molecule has 8 heteroatoms. The maximum atomic E-state index is 12.1. The molecule has 1 N–H and O–H groups in total. The lowest BCUT2D eigenvalue weighted by atomic mass is 10.2. The van der Waals surface area contributed by atoms with Gasteiger partial charge in [-0.25, -0.2) is 0 Å². The largest absolute Gasteiger partial charge is 0.573 e. The average molecular weight is 355 g/mol. The molecule has 0 aliphatic carbocycles. The van der Waals surface area contributed by atoms with Gasteiger partial charge in [0, 0.05) is 5.69 Å². The molecule has 2 aromatic carbocycles. The Balaban J connectivity index is 1.97. The van der Waals surface area contributed by atoms with Crippen LogP contribution in [0.2, 0.25) is 0 Å². The van der Waals surface area contributed by atoms with Crippen molar-refractivity contribution in [2.24, 2.45) is 0 Å². The molecule has 0 aliphatic heterocycles. The fourth-order valence-corrected chi connectivity index (χ4v) is 1.94. The van der Waals surface area contributed by atoms with E-state index in [2.05, 4.69) is 10.1 Å². The van der Waals surface area contributed by atoms with Gasteiger partial charge in [0.2, 0.25) is 0 Å². The molecule has 134 valence electrons. The molecule has 5 nitrogen and oxygen atoms in total. The number of nitrogens with one attached hydrogen (secondary N) is 1. The highest BCUT2D eigenvalue weighted by Crippen LogP contribution is 2.27. The van der Waals surface area contributed by atoms with Gasteiger partial charge in [-0.2, -0.15) is 0 Å². The van der Waals surface area contributed by atoms with E-state index >= 15 is 0 Å². The van der Waals surface area contributed by atoms with E-state index in [1.54, 1.807) is 31.2 Å². The van der Waals surface area contributed by atoms with Crippen molar-refractivity contribution in [1.29, 1.82) is 0 Å². The van der Waals surface area contributed by atoms with Crippen LogP contribution in [0, 0.1) is 0 Å². The normalized spacial score (nSPS) is 12.2. The number of methoxy groups -OCH3 is 1. The Morgan fingerprint density at radius 3 is 2.20 bits per heavy atom. The van der Waals surface area contributed by atoms with Gasteiger partial charge in [0.15, 0.2) is 17.6 Å². The van der Waals surface area contributed by atoms with Crippen molar-refractivity contribution in [2.75, 3.05) is 12.4 Å². The SMILES string of the molecule is COc1ccccc1O[C@@H](C)C(=O)Nc1ccc(OC(F)(F)F)cc1. The first kappa shape index (κ1) is 18.4. The van der Waals surface area contributed by atoms with E-state index in [0.717, 1.165) is 12.1 Å². The fourth-order valence-electron chi connectivity index (χ4n) is 1.94. The fraction of sp³-hybridized carbons (Fsp3) is 0.235. The van der Waals surface area contributed by atoms with E-state index in [0.29, 0.717) is 17.2 Å². The second kappa shape index (κ2) is 7.78. The van der Waals surface area contributed by atoms with Gasteiger partial charge in [-0.15, -0.1) is 13.2 Å². The Morgan fingerprint density at radius 2 is 1.64 bits per heavy atom. The van der Waals surface area contributed by atoms with Crippen molar-refractivity contribution >= 4 is 11.6 Å². The summed E-state index contributed by atoms with van der Waals surface area (Å²) in [7, 11) is 1.48. The maximum absolute atomic E-state index is 12.1. The first-order valence-corrected chi connectivity index (χ1v) is 7.25. The second-order valence-corrected chi connectivity index (χ2v) is 4.97. The minimum absolute atomic E-state index is 0.315. The van der Waals surface area contributed by atoms with Crippen LogP contribution in [0.4, 0.5) is 18.9 Å². The summed E-state index contributed by atoms with van der Waals surface area (Å²) >= 11 is 0. The summed E-state index contributed by atoms with van der Waals surface area (Å²) < 4.78 is 50.8. The lowest BCUT2D eigenvalue weighted by Gasteiger charge is -2.16. The third kappa shape index (κ3) is 5.59. The number of para-hydroxylation sites is 2. The van der Waals surface area contributed by atoms with Crippen molar-refractivity contribution in [3.05, 3.63) is 48.5 Å². The number of halogens is 3. The zero-order valence-electron chi connectivity index (χ0n) is 13.5. The van der Waals surface area contributed by atoms with Crippen molar-refractivity contribution in [1.82, 2.24) is 0 Å². The minimum atomic E-state index is -4.76. The van der Waals surface area contributed by atoms with Crippen LogP contribution >= 0.6 is 0 Å². The first-order valence-electron chi connectivity index (χ1n) is 7.25. The van der Waals surface area contributed by atoms with Crippen LogP contribution in [-0.4, -0.2) is 25.5 Å². The van der Waals surface area contributed by atoms with Gasteiger partial charge in [0.05, 0.1) is 7.11 Å². The van der Waals surface area contributed by atoms with Crippen LogP contribution in [0.15, 0.2) is 48.5 Å². The Bertz CT molecular complexity index is 717. The molecule has 25 heavy (non-hydrogen) atoms. The molecule has 0 heterocycles. The third-order valence-corrected chi connectivity index (χ3v) is 3.10. The molecule has 0 fully saturated rings. The van der Waals surface area contributed by atoms with E-state index < -0.39 is 18.4 Å². The van der Waals surface area contributed by atoms with Gasteiger partial charge in [0.25, 0.3) is 5.91 Å². The topological polar surface area (TPSA) is 56.8 Å². The number of rotatable bonds is 6. The number of anilines is 1. The Morgan fingerprint density at radius 1 is 1.04 bits per heavy atom. The number of carbonyl (C=O) groups is 1. The Kier molecular flexibility index (Phi) is 5.74. The number of hydrogen-bond donors (Lipinski definition) is 1. The molecule has 0 saturated heterocycles. The number of alkyl halides is 3. The van der Waals surface area contributed by atoms with Gasteiger partial charge >= 0.3 is 6.36 Å². The number of ether oxygens (including phenoxy) is 3. The standard InChI is InChI=1S/C17H16F3NO4/c1-11(24-15-6-4-3-5-14(15)23-2)16(22)21-12-7-9-13(10-8-12)25-17(18,19)20/h3-11H,1-2H3,(H,21,22)/t11-/m0/s1. The van der Waals surface area contributed by atoms with Gasteiger partial charge in [-0.3, -0.25) is 4.79 Å². The highest BCUT2D eigenvalue weighted by Gasteiger charge is 2.31. The molecular formula is C17H16F3NO4. The van der Waals surface area contributed by atoms with Gasteiger partial charge in [-0.05, 0) is 43.3 Å². The third-order valence-electron chi connectivity index (χ3n) is 3.10. The molecule has 0 spiro atoms. The summed E-state index contributed by atoms with van der Waals surface area (Å²) in [5.41, 5.74) is 0.315. The molecule has 0 unspecified atom stereocenters. The van der Waals surface area contributed by atoms with Crippen LogP contribution in [0.3, 0.4) is 0 Å². The van der Waals surface area contributed by atoms with Crippen LogP contribution in [0.5, 0.6) is 17.2 Å². The zero-order valence-corrected chi connectivity index (χ0v) is 13.5. The predicted octanol–water partition coefficient (Wildman–Crippen LogP) is 4.00. The predicted molar refractivity (Wildman–Crippen MR) is 84.8 cm³/mol. The molecule has 1 amide bonds. The molecule has 2 rings (SSSR count). The van der Waals surface area contributed by atoms with Crippen molar-refractivity contribution in [3.8, 4) is 17.2 Å². The number of amides is 1. The van der Waals surface area contributed by atoms with E-state index in [4.69, 9.17) is 9.47 Å². The molecule has 1 atom stereocenters. The van der Waals surface area contributed by atoms with Gasteiger partial charge in [0.1, 0.15) is 5.75 Å². The molecule has 0 saturated carbocycles. The van der Waals surface area contributed by atoms with E-state index in [9.17, 15) is 18.0 Å². The highest BCUT2D eigenvalue weighted by atomic mass is 19.4. The van der Waals surface area contributed by atoms with Crippen LogP contribution < -0.4 is 19.5 Å². The van der Waals surface area contributed by atoms with Crippen LogP contribution in [0.25, 0.3) is 0 Å². The summed E-state index contributed by atoms with van der Waals surface area (Å²) in [6.07, 6.45) is -5.61. The quantitative estimate of drug-likeness (QED) is 0.851. The molecular weight excluding hydrogens is 339 g/mol. The van der Waals surface area contributed by atoms with Crippen molar-refractivity contribution in [3.63, 3.8) is 0 Å². The zero-order chi connectivity index (χ0) is 18.4.